The Morgan fingerprint density at radius 3 is 1.32 bits per heavy atom. The average Bonchev–Trinajstić information content (AvgIpc) is 3.36. The van der Waals surface area contributed by atoms with Crippen LogP contribution in [0.4, 0.5) is 0 Å². The fourth-order valence-electron chi connectivity index (χ4n) is 4.31. The Labute approximate surface area is 238 Å². The van der Waals surface area contributed by atoms with Gasteiger partial charge in [0, 0.05) is 9.52 Å². The van der Waals surface area contributed by atoms with Crippen LogP contribution in [-0.2, 0) is 39.0 Å². The molecule has 0 aromatic heterocycles. The first kappa shape index (κ1) is 30.6. The van der Waals surface area contributed by atoms with E-state index in [1.807, 2.05) is 0 Å². The van der Waals surface area contributed by atoms with Crippen LogP contribution in [-0.4, -0.2) is 9.52 Å². The SMILES string of the molecule is CC1=[C-]c2c(ccc3ccccc23)C1.CC1=[C-]c2c(ccc3ccccc23)C1.C[Si]C.[Cl-].[Cl-].[Zr+4]. The quantitative estimate of drug-likeness (QED) is 0.221. The zero-order valence-corrected chi connectivity index (χ0v) is 25.1. The van der Waals surface area contributed by atoms with Crippen molar-refractivity contribution < 1.29 is 51.0 Å². The summed E-state index contributed by atoms with van der Waals surface area (Å²) in [5.74, 6) is 0. The molecule has 170 valence electrons. The second-order valence-electron chi connectivity index (χ2n) is 8.31. The maximum atomic E-state index is 3.46. The molecule has 4 aromatic carbocycles. The number of allylic oxidation sites excluding steroid dienone is 2. The summed E-state index contributed by atoms with van der Waals surface area (Å²) in [6.07, 6.45) is 9.05. The zero-order chi connectivity index (χ0) is 21.8. The van der Waals surface area contributed by atoms with Crippen LogP contribution in [0.5, 0.6) is 0 Å². The van der Waals surface area contributed by atoms with Crippen molar-refractivity contribution in [3.05, 3.63) is 118 Å². The third-order valence-corrected chi connectivity index (χ3v) is 5.62. The summed E-state index contributed by atoms with van der Waals surface area (Å²) in [7, 11) is 1.08. The molecular weight excluding hydrogens is 551 g/mol. The molecule has 0 N–H and O–H groups in total. The van der Waals surface area contributed by atoms with Crippen molar-refractivity contribution in [3.8, 4) is 0 Å². The van der Waals surface area contributed by atoms with E-state index in [9.17, 15) is 0 Å². The normalized spacial score (nSPS) is 12.2. The Kier molecular flexibility index (Phi) is 12.8. The van der Waals surface area contributed by atoms with Gasteiger partial charge in [-0.3, -0.25) is 0 Å². The standard InChI is InChI=1S/2C14H11.C2H6Si.2ClH.Zr/c2*1-10-8-12-7-6-11-4-2-3-5-13(11)14(12)9-10;1-3-2;;;/h2*2-7H,8H2,1H3;1-2H3;2*1H;/q2*-1;;;;+4/p-2. The first-order valence-corrected chi connectivity index (χ1v) is 12.9. The summed E-state index contributed by atoms with van der Waals surface area (Å²) in [6.45, 7) is 8.60. The molecule has 0 bridgehead atoms. The molecule has 0 saturated heterocycles. The Bertz CT molecular complexity index is 1210. The van der Waals surface area contributed by atoms with Crippen molar-refractivity contribution in [1.82, 2.24) is 0 Å². The molecular formula is C30H28Cl2SiZr. The molecule has 0 atom stereocenters. The minimum absolute atomic E-state index is 0. The molecule has 0 saturated carbocycles. The summed E-state index contributed by atoms with van der Waals surface area (Å²) >= 11 is 0. The third kappa shape index (κ3) is 6.82. The molecule has 0 amide bonds. The molecule has 0 nitrogen and oxygen atoms in total. The molecule has 2 aliphatic rings. The molecule has 4 heteroatoms. The van der Waals surface area contributed by atoms with Gasteiger partial charge >= 0.3 is 26.2 Å². The molecule has 4 aromatic rings. The summed E-state index contributed by atoms with van der Waals surface area (Å²) in [5, 5.41) is 5.30. The van der Waals surface area contributed by atoms with Gasteiger partial charge in [0.25, 0.3) is 0 Å². The zero-order valence-electron chi connectivity index (χ0n) is 20.1. The maximum absolute atomic E-state index is 3.46. The first-order chi connectivity index (χ1) is 15.1. The van der Waals surface area contributed by atoms with Gasteiger partial charge in [0.2, 0.25) is 0 Å². The monoisotopic (exact) mass is 576 g/mol. The van der Waals surface area contributed by atoms with Crippen molar-refractivity contribution in [2.45, 2.75) is 39.8 Å². The molecule has 2 radical (unpaired) electrons. The Morgan fingerprint density at radius 1 is 0.588 bits per heavy atom. The fraction of sp³-hybridized carbons (Fsp3) is 0.200. The molecule has 6 rings (SSSR count). The summed E-state index contributed by atoms with van der Waals surface area (Å²) < 4.78 is 0. The van der Waals surface area contributed by atoms with Gasteiger partial charge in [-0.25, -0.2) is 0 Å². The largest absolute Gasteiger partial charge is 4.00 e. The topological polar surface area (TPSA) is 0 Å². The molecule has 34 heavy (non-hydrogen) atoms. The van der Waals surface area contributed by atoms with Gasteiger partial charge in [0.1, 0.15) is 0 Å². The maximum Gasteiger partial charge on any atom is 4.00 e. The van der Waals surface area contributed by atoms with Gasteiger partial charge in [-0.2, -0.15) is 23.3 Å². The number of hydrogen-bond acceptors (Lipinski definition) is 0. The van der Waals surface area contributed by atoms with Gasteiger partial charge in [-0.05, 0) is 0 Å². The van der Waals surface area contributed by atoms with Crippen molar-refractivity contribution >= 4 is 31.1 Å². The summed E-state index contributed by atoms with van der Waals surface area (Å²) in [4.78, 5) is 0. The Balaban J connectivity index is 0.000000283. The van der Waals surface area contributed by atoms with Crippen molar-refractivity contribution in [3.63, 3.8) is 0 Å². The van der Waals surface area contributed by atoms with Crippen LogP contribution in [0.1, 0.15) is 36.1 Å². The second-order valence-corrected chi connectivity index (χ2v) is 9.31. The van der Waals surface area contributed by atoms with Gasteiger partial charge in [-0.1, -0.05) is 99.1 Å². The number of benzene rings is 4. The molecule has 0 unspecified atom stereocenters. The number of fused-ring (bicyclic) bond motifs is 6. The first-order valence-electron chi connectivity index (χ1n) is 10.9. The summed E-state index contributed by atoms with van der Waals surface area (Å²) in [5.41, 5.74) is 8.14. The molecule has 0 aliphatic heterocycles. The predicted octanol–water partition coefficient (Wildman–Crippen LogP) is 1.78. The van der Waals surface area contributed by atoms with Gasteiger partial charge in [-0.15, -0.1) is 57.3 Å². The average molecular weight is 579 g/mol. The van der Waals surface area contributed by atoms with E-state index in [1.54, 1.807) is 0 Å². The van der Waals surface area contributed by atoms with Crippen LogP contribution in [0.2, 0.25) is 13.1 Å². The van der Waals surface area contributed by atoms with Crippen LogP contribution in [0, 0.1) is 12.2 Å². The van der Waals surface area contributed by atoms with Crippen LogP contribution in [0.3, 0.4) is 0 Å². The third-order valence-electron chi connectivity index (χ3n) is 5.62. The van der Waals surface area contributed by atoms with E-state index in [4.69, 9.17) is 0 Å². The van der Waals surface area contributed by atoms with Gasteiger partial charge in [0.15, 0.2) is 0 Å². The Morgan fingerprint density at radius 2 is 0.941 bits per heavy atom. The number of halogens is 2. The number of hydrogen-bond donors (Lipinski definition) is 0. The molecule has 2 aliphatic carbocycles. The second kappa shape index (κ2) is 14.2. The van der Waals surface area contributed by atoms with Crippen molar-refractivity contribution in [2.75, 3.05) is 0 Å². The van der Waals surface area contributed by atoms with E-state index in [-0.39, 0.29) is 51.0 Å². The Hall–Kier alpha value is -1.44. The van der Waals surface area contributed by atoms with Crippen LogP contribution in [0.15, 0.2) is 83.9 Å². The van der Waals surface area contributed by atoms with Crippen molar-refractivity contribution in [2.24, 2.45) is 0 Å². The fourth-order valence-corrected chi connectivity index (χ4v) is 4.31. The van der Waals surface area contributed by atoms with Crippen LogP contribution < -0.4 is 24.8 Å². The summed E-state index contributed by atoms with van der Waals surface area (Å²) in [6, 6.07) is 25.9. The van der Waals surface area contributed by atoms with E-state index in [0.29, 0.717) is 0 Å². The van der Waals surface area contributed by atoms with E-state index in [0.717, 1.165) is 22.4 Å². The number of rotatable bonds is 0. The van der Waals surface area contributed by atoms with E-state index in [1.165, 1.54) is 54.9 Å². The molecule has 0 fully saturated rings. The minimum atomic E-state index is 0. The predicted molar refractivity (Wildman–Crippen MR) is 136 cm³/mol. The van der Waals surface area contributed by atoms with E-state index >= 15 is 0 Å². The van der Waals surface area contributed by atoms with Crippen molar-refractivity contribution in [1.29, 1.82) is 0 Å². The van der Waals surface area contributed by atoms with Crippen LogP contribution in [0.25, 0.3) is 21.5 Å². The molecule has 0 heterocycles. The van der Waals surface area contributed by atoms with Gasteiger partial charge < -0.3 is 24.8 Å². The smallest absolute Gasteiger partial charge is 1.00 e. The van der Waals surface area contributed by atoms with E-state index < -0.39 is 0 Å². The van der Waals surface area contributed by atoms with Crippen LogP contribution >= 0.6 is 0 Å². The minimum Gasteiger partial charge on any atom is -1.00 e. The molecule has 0 spiro atoms. The van der Waals surface area contributed by atoms with E-state index in [2.05, 4.69) is 112 Å². The van der Waals surface area contributed by atoms with Gasteiger partial charge in [0.05, 0.1) is 0 Å².